The van der Waals surface area contributed by atoms with Gasteiger partial charge in [-0.25, -0.2) is 13.2 Å². The van der Waals surface area contributed by atoms with E-state index < -0.39 is 27.3 Å². The van der Waals surface area contributed by atoms with Crippen LogP contribution in [0.4, 0.5) is 4.79 Å². The minimum atomic E-state index is -3.40. The van der Waals surface area contributed by atoms with Crippen molar-refractivity contribution in [2.24, 2.45) is 0 Å². The lowest BCUT2D eigenvalue weighted by Gasteiger charge is -2.38. The molecule has 2 aromatic carbocycles. The first-order chi connectivity index (χ1) is 17.4. The van der Waals surface area contributed by atoms with E-state index in [1.165, 1.54) is 6.07 Å². The van der Waals surface area contributed by atoms with Crippen molar-refractivity contribution in [1.29, 1.82) is 0 Å². The Morgan fingerprint density at radius 2 is 1.78 bits per heavy atom. The maximum absolute atomic E-state index is 13.6. The molecule has 1 unspecified atom stereocenters. The number of urea groups is 1. The molecule has 198 valence electrons. The molecule has 2 fully saturated rings. The summed E-state index contributed by atoms with van der Waals surface area (Å²) >= 11 is 6.60. The molecular formula is C27H31ClN2O6S. The Labute approximate surface area is 222 Å². The molecule has 8 nitrogen and oxygen atoms in total. The fourth-order valence-electron chi connectivity index (χ4n) is 5.17. The van der Waals surface area contributed by atoms with Crippen molar-refractivity contribution in [3.63, 3.8) is 0 Å². The number of aryl methyl sites for hydroxylation is 1. The Morgan fingerprint density at radius 1 is 1.14 bits per heavy atom. The van der Waals surface area contributed by atoms with E-state index in [0.29, 0.717) is 53.5 Å². The number of sulfone groups is 1. The van der Waals surface area contributed by atoms with E-state index in [1.807, 2.05) is 13.8 Å². The largest absolute Gasteiger partial charge is 0.450 e. The number of piperidine rings is 1. The molecule has 2 amide bonds. The monoisotopic (exact) mass is 546 g/mol. The average molecular weight is 547 g/mol. The van der Waals surface area contributed by atoms with Gasteiger partial charge >= 0.3 is 12.0 Å². The summed E-state index contributed by atoms with van der Waals surface area (Å²) < 4.78 is 29.7. The lowest BCUT2D eigenvalue weighted by Crippen LogP contribution is -2.53. The molecule has 1 atom stereocenters. The molecule has 2 aliphatic heterocycles. The summed E-state index contributed by atoms with van der Waals surface area (Å²) in [6.45, 7) is 7.48. The second-order valence-electron chi connectivity index (χ2n) is 9.64. The third-order valence-corrected chi connectivity index (χ3v) is 8.78. The van der Waals surface area contributed by atoms with Crippen molar-refractivity contribution < 1.29 is 27.5 Å². The molecule has 2 saturated heterocycles. The molecule has 2 heterocycles. The number of hydrogen-bond donors (Lipinski definition) is 0. The Kier molecular flexibility index (Phi) is 7.41. The predicted octanol–water partition coefficient (Wildman–Crippen LogP) is 4.22. The number of amides is 2. The zero-order valence-corrected chi connectivity index (χ0v) is 23.0. The number of carbonyl (C=O) groups excluding carboxylic acids is 3. The zero-order valence-electron chi connectivity index (χ0n) is 21.4. The standard InChI is InChI=1S/C27H31ClN2O6S/c1-5-29(6-2)26(33)30-12-10-27(11-13-30)24(31)23(25(32)36-27)20-16-22(28)21(14-17(20)3)18-8-7-9-19(15-18)37(4,34)35/h7-9,14-16,23H,5-6,10-13H2,1-4H3. The normalized spacial score (nSPS) is 19.3. The third-order valence-electron chi connectivity index (χ3n) is 7.36. The number of carbonyl (C=O) groups is 3. The van der Waals surface area contributed by atoms with E-state index in [0.717, 1.165) is 6.26 Å². The summed E-state index contributed by atoms with van der Waals surface area (Å²) in [5.74, 6) is -2.02. The number of nitrogens with zero attached hydrogens (tertiary/aromatic N) is 2. The second-order valence-corrected chi connectivity index (χ2v) is 12.1. The molecular weight excluding hydrogens is 516 g/mol. The van der Waals surface area contributed by atoms with Crippen LogP contribution < -0.4 is 0 Å². The summed E-state index contributed by atoms with van der Waals surface area (Å²) in [5, 5.41) is 0.299. The quantitative estimate of drug-likeness (QED) is 0.411. The van der Waals surface area contributed by atoms with Crippen molar-refractivity contribution in [3.8, 4) is 11.1 Å². The fraction of sp³-hybridized carbons (Fsp3) is 0.444. The smallest absolute Gasteiger partial charge is 0.322 e. The number of Topliss-reactive ketones (excluding diaryl/α,β-unsaturated/α-hetero) is 1. The van der Waals surface area contributed by atoms with Crippen LogP contribution in [-0.4, -0.2) is 74.0 Å². The van der Waals surface area contributed by atoms with Crippen molar-refractivity contribution in [3.05, 3.63) is 52.5 Å². The number of hydrogen-bond acceptors (Lipinski definition) is 6. The summed E-state index contributed by atoms with van der Waals surface area (Å²) in [4.78, 5) is 42.9. The summed E-state index contributed by atoms with van der Waals surface area (Å²) in [6.07, 6.45) is 1.65. The number of rotatable bonds is 5. The van der Waals surface area contributed by atoms with Crippen LogP contribution in [0.5, 0.6) is 0 Å². The summed E-state index contributed by atoms with van der Waals surface area (Å²) in [7, 11) is -3.40. The van der Waals surface area contributed by atoms with Crippen molar-refractivity contribution >= 4 is 39.2 Å². The van der Waals surface area contributed by atoms with E-state index in [-0.39, 0.29) is 29.6 Å². The van der Waals surface area contributed by atoms with Gasteiger partial charge in [0, 0.05) is 55.9 Å². The topological polar surface area (TPSA) is 101 Å². The maximum Gasteiger partial charge on any atom is 0.322 e. The minimum absolute atomic E-state index is 0.0775. The molecule has 2 aromatic rings. The van der Waals surface area contributed by atoms with E-state index in [1.54, 1.807) is 47.1 Å². The number of halogens is 1. The van der Waals surface area contributed by atoms with Crippen LogP contribution in [0.2, 0.25) is 5.02 Å². The van der Waals surface area contributed by atoms with E-state index in [4.69, 9.17) is 16.3 Å². The van der Waals surface area contributed by atoms with Crippen molar-refractivity contribution in [2.45, 2.75) is 50.0 Å². The van der Waals surface area contributed by atoms with Crippen LogP contribution in [0.25, 0.3) is 11.1 Å². The Hall–Kier alpha value is -2.91. The molecule has 4 rings (SSSR count). The van der Waals surface area contributed by atoms with Crippen LogP contribution in [0.15, 0.2) is 41.3 Å². The fourth-order valence-corrected chi connectivity index (χ4v) is 6.11. The predicted molar refractivity (Wildman–Crippen MR) is 140 cm³/mol. The second kappa shape index (κ2) is 10.1. The van der Waals surface area contributed by atoms with Gasteiger partial charge in [-0.15, -0.1) is 0 Å². The van der Waals surface area contributed by atoms with Gasteiger partial charge in [-0.2, -0.15) is 0 Å². The number of ether oxygens (including phenoxy) is 1. The number of esters is 1. The SMILES string of the molecule is CCN(CC)C(=O)N1CCC2(CC1)OC(=O)C(c1cc(Cl)c(-c3cccc(S(C)(=O)=O)c3)cc1C)C2=O. The van der Waals surface area contributed by atoms with E-state index in [9.17, 15) is 22.8 Å². The van der Waals surface area contributed by atoms with Crippen LogP contribution in [0.1, 0.15) is 43.7 Å². The van der Waals surface area contributed by atoms with Gasteiger partial charge in [-0.1, -0.05) is 23.7 Å². The first-order valence-electron chi connectivity index (χ1n) is 12.3. The molecule has 0 radical (unpaired) electrons. The number of likely N-dealkylation sites (tertiary alicyclic amines) is 1. The Bertz CT molecular complexity index is 1360. The number of ketones is 1. The van der Waals surface area contributed by atoms with Crippen LogP contribution in [0.3, 0.4) is 0 Å². The van der Waals surface area contributed by atoms with Gasteiger partial charge in [0.05, 0.1) is 4.90 Å². The van der Waals surface area contributed by atoms with Gasteiger partial charge in [-0.05, 0) is 61.7 Å². The average Bonchev–Trinajstić information content (AvgIpc) is 3.09. The maximum atomic E-state index is 13.6. The third kappa shape index (κ3) is 4.99. The summed E-state index contributed by atoms with van der Waals surface area (Å²) in [6, 6.07) is 9.74. The van der Waals surface area contributed by atoms with E-state index in [2.05, 4.69) is 0 Å². The van der Waals surface area contributed by atoms with Gasteiger partial charge in [-0.3, -0.25) is 9.59 Å². The molecule has 37 heavy (non-hydrogen) atoms. The first kappa shape index (κ1) is 27.1. The Balaban J connectivity index is 1.59. The highest BCUT2D eigenvalue weighted by molar-refractivity contribution is 7.90. The highest BCUT2D eigenvalue weighted by Gasteiger charge is 2.57. The van der Waals surface area contributed by atoms with Gasteiger partial charge in [0.15, 0.2) is 21.2 Å². The van der Waals surface area contributed by atoms with E-state index >= 15 is 0 Å². The highest BCUT2D eigenvalue weighted by atomic mass is 35.5. The van der Waals surface area contributed by atoms with Gasteiger partial charge < -0.3 is 14.5 Å². The molecule has 0 aliphatic carbocycles. The molecule has 2 aliphatic rings. The lowest BCUT2D eigenvalue weighted by atomic mass is 9.80. The molecule has 0 saturated carbocycles. The zero-order chi connectivity index (χ0) is 27.1. The Morgan fingerprint density at radius 3 is 2.38 bits per heavy atom. The molecule has 10 heteroatoms. The van der Waals surface area contributed by atoms with Gasteiger partial charge in [0.25, 0.3) is 0 Å². The number of benzene rings is 2. The molecule has 0 bridgehead atoms. The molecule has 0 aromatic heterocycles. The van der Waals surface area contributed by atoms with Crippen LogP contribution in [-0.2, 0) is 24.2 Å². The minimum Gasteiger partial charge on any atom is -0.450 e. The van der Waals surface area contributed by atoms with Gasteiger partial charge in [0.1, 0.15) is 5.92 Å². The highest BCUT2D eigenvalue weighted by Crippen LogP contribution is 2.43. The first-order valence-corrected chi connectivity index (χ1v) is 14.6. The van der Waals surface area contributed by atoms with Crippen molar-refractivity contribution in [2.75, 3.05) is 32.4 Å². The molecule has 0 N–H and O–H groups in total. The van der Waals surface area contributed by atoms with Gasteiger partial charge in [0.2, 0.25) is 0 Å². The molecule has 1 spiro atoms. The summed E-state index contributed by atoms with van der Waals surface area (Å²) in [5.41, 5.74) is 1.12. The lowest BCUT2D eigenvalue weighted by molar-refractivity contribution is -0.155. The van der Waals surface area contributed by atoms with Crippen LogP contribution in [0, 0.1) is 6.92 Å². The van der Waals surface area contributed by atoms with Crippen molar-refractivity contribution in [1.82, 2.24) is 9.80 Å². The van der Waals surface area contributed by atoms with Crippen LogP contribution >= 0.6 is 11.6 Å².